The average molecular weight is 388 g/mol. The van der Waals surface area contributed by atoms with E-state index in [2.05, 4.69) is 41.8 Å². The third-order valence-electron chi connectivity index (χ3n) is 2.71. The molecular weight excluding hydrogens is 382 g/mol. The van der Waals surface area contributed by atoms with Crippen LogP contribution in [0, 0.1) is 11.6 Å². The van der Waals surface area contributed by atoms with E-state index in [1.54, 1.807) is 0 Å². The normalized spacial score (nSPS) is 11.2. The van der Waals surface area contributed by atoms with Crippen molar-refractivity contribution in [3.63, 3.8) is 0 Å². The Morgan fingerprint density at radius 3 is 2.47 bits per heavy atom. The van der Waals surface area contributed by atoms with E-state index in [4.69, 9.17) is 0 Å². The minimum absolute atomic E-state index is 0.392. The maximum absolute atomic E-state index is 13.2. The second-order valence-electron chi connectivity index (χ2n) is 3.99. The van der Waals surface area contributed by atoms with Crippen molar-refractivity contribution in [1.82, 2.24) is 9.97 Å². The van der Waals surface area contributed by atoms with Crippen molar-refractivity contribution < 1.29 is 8.78 Å². The van der Waals surface area contributed by atoms with Crippen molar-refractivity contribution in [3.05, 3.63) is 50.9 Å². The minimum Gasteiger partial charge on any atom is -0.338 e. The van der Waals surface area contributed by atoms with Crippen molar-refractivity contribution in [2.24, 2.45) is 0 Å². The van der Waals surface area contributed by atoms with Crippen molar-refractivity contribution in [3.8, 4) is 11.4 Å². The van der Waals surface area contributed by atoms with E-state index in [0.29, 0.717) is 16.9 Å². The highest BCUT2D eigenvalue weighted by atomic mass is 79.9. The number of nitrogens with one attached hydrogen (secondary N) is 1. The summed E-state index contributed by atoms with van der Waals surface area (Å²) in [7, 11) is 0. The van der Waals surface area contributed by atoms with Crippen LogP contribution in [0.25, 0.3) is 22.4 Å². The maximum Gasteiger partial charge on any atom is 0.161 e. The summed E-state index contributed by atoms with van der Waals surface area (Å²) >= 11 is 6.79. The predicted octanol–water partition coefficient (Wildman–Crippen LogP) is 5.03. The smallest absolute Gasteiger partial charge is 0.161 e. The fourth-order valence-corrected chi connectivity index (χ4v) is 3.05. The molecule has 0 aliphatic heterocycles. The molecule has 0 atom stereocenters. The molecular formula is C13H6Br2F2N2. The van der Waals surface area contributed by atoms with Crippen LogP contribution in [-0.2, 0) is 0 Å². The van der Waals surface area contributed by atoms with Crippen LogP contribution in [0.3, 0.4) is 0 Å². The zero-order valence-electron chi connectivity index (χ0n) is 9.35. The van der Waals surface area contributed by atoms with Gasteiger partial charge in [0.2, 0.25) is 0 Å². The minimum atomic E-state index is -0.902. The molecule has 0 bridgehead atoms. The summed E-state index contributed by atoms with van der Waals surface area (Å²) in [5.41, 5.74) is 1.67. The molecule has 0 fully saturated rings. The van der Waals surface area contributed by atoms with Crippen LogP contribution in [0.2, 0.25) is 0 Å². The van der Waals surface area contributed by atoms with E-state index in [-0.39, 0.29) is 0 Å². The van der Waals surface area contributed by atoms with E-state index < -0.39 is 11.6 Å². The van der Waals surface area contributed by atoms with E-state index >= 15 is 0 Å². The first kappa shape index (κ1) is 12.7. The lowest BCUT2D eigenvalue weighted by Crippen LogP contribution is -1.82. The fraction of sp³-hybridized carbons (Fsp3) is 0. The Kier molecular flexibility index (Phi) is 3.14. The van der Waals surface area contributed by atoms with Gasteiger partial charge in [0.05, 0.1) is 11.0 Å². The highest BCUT2D eigenvalue weighted by Crippen LogP contribution is 2.30. The molecule has 1 aromatic heterocycles. The highest BCUT2D eigenvalue weighted by Gasteiger charge is 2.11. The second kappa shape index (κ2) is 4.68. The average Bonchev–Trinajstić information content (AvgIpc) is 2.72. The zero-order valence-corrected chi connectivity index (χ0v) is 12.5. The lowest BCUT2D eigenvalue weighted by molar-refractivity contribution is 0.510. The lowest BCUT2D eigenvalue weighted by atomic mass is 10.2. The number of benzene rings is 2. The van der Waals surface area contributed by atoms with Crippen LogP contribution in [0.1, 0.15) is 0 Å². The molecule has 6 heteroatoms. The van der Waals surface area contributed by atoms with E-state index in [0.717, 1.165) is 26.6 Å². The third-order valence-corrected chi connectivity index (χ3v) is 3.86. The van der Waals surface area contributed by atoms with Crippen molar-refractivity contribution in [2.75, 3.05) is 0 Å². The van der Waals surface area contributed by atoms with Crippen molar-refractivity contribution in [1.29, 1.82) is 0 Å². The van der Waals surface area contributed by atoms with Gasteiger partial charge in [-0.3, -0.25) is 0 Å². The topological polar surface area (TPSA) is 28.7 Å². The summed E-state index contributed by atoms with van der Waals surface area (Å²) in [6, 6.07) is 7.79. The van der Waals surface area contributed by atoms with Gasteiger partial charge in [-0.05, 0) is 34.1 Å². The molecule has 3 rings (SSSR count). The third kappa shape index (κ3) is 2.30. The van der Waals surface area contributed by atoms with Crippen LogP contribution in [-0.4, -0.2) is 9.97 Å². The van der Waals surface area contributed by atoms with Crippen LogP contribution >= 0.6 is 31.9 Å². The van der Waals surface area contributed by atoms with Crippen molar-refractivity contribution >= 4 is 42.9 Å². The summed E-state index contributed by atoms with van der Waals surface area (Å²) in [5.74, 6) is -1.24. The first-order valence-electron chi connectivity index (χ1n) is 5.35. The van der Waals surface area contributed by atoms with Crippen LogP contribution < -0.4 is 0 Å². The van der Waals surface area contributed by atoms with Crippen LogP contribution in [0.4, 0.5) is 8.78 Å². The van der Waals surface area contributed by atoms with Gasteiger partial charge in [0.15, 0.2) is 11.6 Å². The Hall–Kier alpha value is -1.27. The molecule has 96 valence electrons. The number of hydrogen-bond donors (Lipinski definition) is 1. The number of aromatic nitrogens is 2. The summed E-state index contributed by atoms with van der Waals surface area (Å²) < 4.78 is 28.1. The van der Waals surface area contributed by atoms with Crippen LogP contribution in [0.15, 0.2) is 39.3 Å². The number of H-pyrrole nitrogens is 1. The number of rotatable bonds is 1. The van der Waals surface area contributed by atoms with E-state index in [1.165, 1.54) is 0 Å². The predicted molar refractivity (Wildman–Crippen MR) is 76.8 cm³/mol. The van der Waals surface area contributed by atoms with Gasteiger partial charge in [0.25, 0.3) is 0 Å². The molecule has 0 amide bonds. The first-order chi connectivity index (χ1) is 9.04. The van der Waals surface area contributed by atoms with Gasteiger partial charge >= 0.3 is 0 Å². The lowest BCUT2D eigenvalue weighted by Gasteiger charge is -2.00. The number of aromatic amines is 1. The van der Waals surface area contributed by atoms with E-state index in [1.807, 2.05) is 18.2 Å². The van der Waals surface area contributed by atoms with Crippen molar-refractivity contribution in [2.45, 2.75) is 0 Å². The molecule has 0 unspecified atom stereocenters. The Labute approximate surface area is 124 Å². The number of fused-ring (bicyclic) bond motifs is 1. The summed E-state index contributed by atoms with van der Waals surface area (Å²) in [5, 5.41) is 0. The molecule has 0 aliphatic carbocycles. The maximum atomic E-state index is 13.2. The Morgan fingerprint density at radius 1 is 1.00 bits per heavy atom. The van der Waals surface area contributed by atoms with Gasteiger partial charge < -0.3 is 4.98 Å². The molecule has 19 heavy (non-hydrogen) atoms. The van der Waals surface area contributed by atoms with Gasteiger partial charge in [-0.2, -0.15) is 0 Å². The Morgan fingerprint density at radius 2 is 1.74 bits per heavy atom. The molecule has 0 saturated carbocycles. The fourth-order valence-electron chi connectivity index (χ4n) is 1.81. The number of imidazole rings is 1. The quantitative estimate of drug-likeness (QED) is 0.623. The number of halogens is 4. The first-order valence-corrected chi connectivity index (χ1v) is 6.93. The molecule has 0 spiro atoms. The zero-order chi connectivity index (χ0) is 13.6. The van der Waals surface area contributed by atoms with Gasteiger partial charge in [0, 0.05) is 26.6 Å². The molecule has 3 aromatic rings. The Bertz CT molecular complexity index is 745. The highest BCUT2D eigenvalue weighted by molar-refractivity contribution is 9.11. The summed E-state index contributed by atoms with van der Waals surface area (Å²) in [4.78, 5) is 7.24. The van der Waals surface area contributed by atoms with E-state index in [9.17, 15) is 8.78 Å². The van der Waals surface area contributed by atoms with Gasteiger partial charge in [0.1, 0.15) is 5.82 Å². The van der Waals surface area contributed by atoms with Gasteiger partial charge in [-0.1, -0.05) is 15.9 Å². The number of nitrogens with zero attached hydrogens (tertiary/aromatic N) is 1. The van der Waals surface area contributed by atoms with Gasteiger partial charge in [-0.25, -0.2) is 13.8 Å². The molecule has 0 aliphatic rings. The SMILES string of the molecule is Fc1cc2nc(-c3ccc(Br)cc3Br)[nH]c2cc1F. The van der Waals surface area contributed by atoms with Gasteiger partial charge in [-0.15, -0.1) is 0 Å². The molecule has 2 nitrogen and oxygen atoms in total. The molecule has 0 saturated heterocycles. The monoisotopic (exact) mass is 386 g/mol. The summed E-state index contributed by atoms with van der Waals surface area (Å²) in [6.45, 7) is 0. The molecule has 1 heterocycles. The van der Waals surface area contributed by atoms with Crippen LogP contribution in [0.5, 0.6) is 0 Å². The molecule has 0 radical (unpaired) electrons. The largest absolute Gasteiger partial charge is 0.338 e. The summed E-state index contributed by atoms with van der Waals surface area (Å²) in [6.07, 6.45) is 0. The standard InChI is InChI=1S/C13H6Br2F2N2/c14-6-1-2-7(8(15)3-6)13-18-11-4-9(16)10(17)5-12(11)19-13/h1-5H,(H,18,19). The number of hydrogen-bond acceptors (Lipinski definition) is 1. The molecule has 2 aromatic carbocycles. The molecule has 1 N–H and O–H groups in total. The Balaban J connectivity index is 2.20. The second-order valence-corrected chi connectivity index (χ2v) is 5.76.